The number of alkyl halides is 3. The first-order chi connectivity index (χ1) is 20.2. The summed E-state index contributed by atoms with van der Waals surface area (Å²) < 4.78 is 48.2. The van der Waals surface area contributed by atoms with Gasteiger partial charge >= 0.3 is 6.18 Å². The number of halogens is 3. The smallest absolute Gasteiger partial charge is 0.403 e. The minimum Gasteiger partial charge on any atom is -0.477 e. The summed E-state index contributed by atoms with van der Waals surface area (Å²) in [6.45, 7) is 6.28. The molecule has 2 saturated heterocycles. The lowest BCUT2D eigenvalue weighted by molar-refractivity contribution is -0.226. The Labute approximate surface area is 244 Å². The number of pyridine rings is 2. The maximum atomic E-state index is 14.2. The number of carbonyl (C=O) groups is 2. The van der Waals surface area contributed by atoms with Crippen molar-refractivity contribution in [2.45, 2.75) is 70.6 Å². The van der Waals surface area contributed by atoms with Gasteiger partial charge in [-0.05, 0) is 63.4 Å². The van der Waals surface area contributed by atoms with E-state index in [4.69, 9.17) is 9.72 Å². The van der Waals surface area contributed by atoms with Crippen LogP contribution in [0.25, 0.3) is 11.3 Å². The van der Waals surface area contributed by atoms with Crippen molar-refractivity contribution < 1.29 is 27.5 Å². The Morgan fingerprint density at radius 1 is 1.17 bits per heavy atom. The van der Waals surface area contributed by atoms with Crippen molar-refractivity contribution in [2.75, 3.05) is 44.2 Å². The number of ether oxygens (including phenoxy) is 1. The molecule has 2 N–H and O–H groups in total. The molecule has 0 unspecified atom stereocenters. The zero-order valence-corrected chi connectivity index (χ0v) is 24.2. The summed E-state index contributed by atoms with van der Waals surface area (Å²) in [6, 6.07) is 6.94. The normalized spacial score (nSPS) is 22.3. The molecule has 0 spiro atoms. The van der Waals surface area contributed by atoms with Crippen molar-refractivity contribution in [3.8, 4) is 17.1 Å². The molecule has 4 heterocycles. The van der Waals surface area contributed by atoms with Gasteiger partial charge in [-0.2, -0.15) is 13.2 Å². The van der Waals surface area contributed by atoms with Crippen LogP contribution in [-0.2, 0) is 4.79 Å². The summed E-state index contributed by atoms with van der Waals surface area (Å²) >= 11 is 0. The predicted molar refractivity (Wildman–Crippen MR) is 152 cm³/mol. The minimum absolute atomic E-state index is 0.0328. The molecule has 0 aromatic carbocycles. The zero-order valence-electron chi connectivity index (χ0n) is 24.2. The van der Waals surface area contributed by atoms with Crippen LogP contribution in [0.3, 0.4) is 0 Å². The van der Waals surface area contributed by atoms with Crippen LogP contribution >= 0.6 is 0 Å². The average Bonchev–Trinajstić information content (AvgIpc) is 3.70. The summed E-state index contributed by atoms with van der Waals surface area (Å²) in [6.07, 6.45) is -1.08. The minimum atomic E-state index is -4.58. The molecule has 12 heteroatoms. The van der Waals surface area contributed by atoms with Crippen LogP contribution in [-0.4, -0.2) is 84.3 Å². The Morgan fingerprint density at radius 3 is 2.62 bits per heavy atom. The maximum Gasteiger partial charge on any atom is 0.403 e. The van der Waals surface area contributed by atoms with Crippen molar-refractivity contribution in [3.63, 3.8) is 0 Å². The number of nitrogens with one attached hydrogen (secondary N) is 2. The lowest BCUT2D eigenvalue weighted by Gasteiger charge is -2.45. The van der Waals surface area contributed by atoms with Gasteiger partial charge in [-0.25, -0.2) is 9.97 Å². The molecule has 5 rings (SSSR count). The fourth-order valence-corrected chi connectivity index (χ4v) is 6.48. The van der Waals surface area contributed by atoms with E-state index in [2.05, 4.69) is 15.6 Å². The van der Waals surface area contributed by atoms with Gasteiger partial charge in [0.25, 0.3) is 5.91 Å². The number of rotatable bonds is 8. The molecule has 1 aliphatic carbocycles. The van der Waals surface area contributed by atoms with E-state index in [0.717, 1.165) is 13.0 Å². The van der Waals surface area contributed by atoms with Gasteiger partial charge in [0, 0.05) is 44.5 Å². The second-order valence-corrected chi connectivity index (χ2v) is 11.3. The lowest BCUT2D eigenvalue weighted by atomic mass is 9.83. The third-order valence-corrected chi connectivity index (χ3v) is 8.77. The quantitative estimate of drug-likeness (QED) is 0.477. The van der Waals surface area contributed by atoms with Crippen molar-refractivity contribution >= 4 is 17.5 Å². The summed E-state index contributed by atoms with van der Waals surface area (Å²) in [5.41, 5.74) is -0.293. The van der Waals surface area contributed by atoms with E-state index in [1.165, 1.54) is 4.90 Å². The maximum absolute atomic E-state index is 14.2. The monoisotopic (exact) mass is 588 g/mol. The molecule has 9 nitrogen and oxygen atoms in total. The van der Waals surface area contributed by atoms with Crippen LogP contribution in [0.2, 0.25) is 0 Å². The molecule has 2 amide bonds. The summed E-state index contributed by atoms with van der Waals surface area (Å²) in [5.74, 6) is -0.723. The van der Waals surface area contributed by atoms with Crippen LogP contribution in [0.1, 0.15) is 62.9 Å². The standard InChI is InChI=1S/C30H39F3N6O3/c1-3-21-19-38(28(41)29(30(31,32)33)12-5-6-13-29)16-17-39(21)24-10-9-23(22-8-7-14-35-27(22)42-4-2)37-25(24)26(40)36-20-11-15-34-18-20/h7-10,14,20-21,34H,3-6,11-13,15-19H2,1-2H3,(H,36,40)/t20-,21+/m0/s1. The van der Waals surface area contributed by atoms with Crippen LogP contribution in [0.4, 0.5) is 18.9 Å². The molecule has 1 saturated carbocycles. The Kier molecular flexibility index (Phi) is 8.91. The van der Waals surface area contributed by atoms with Gasteiger partial charge < -0.3 is 25.2 Å². The van der Waals surface area contributed by atoms with E-state index in [0.29, 0.717) is 61.8 Å². The van der Waals surface area contributed by atoms with Crippen LogP contribution in [0.15, 0.2) is 30.5 Å². The zero-order chi connectivity index (χ0) is 29.9. The first-order valence-corrected chi connectivity index (χ1v) is 14.9. The number of carbonyl (C=O) groups excluding carboxylic acids is 2. The molecule has 0 radical (unpaired) electrons. The molecular formula is C30H39F3N6O3. The number of nitrogens with zero attached hydrogens (tertiary/aromatic N) is 4. The Hall–Kier alpha value is -3.41. The fraction of sp³-hybridized carbons (Fsp3) is 0.600. The molecule has 2 aromatic heterocycles. The molecule has 42 heavy (non-hydrogen) atoms. The van der Waals surface area contributed by atoms with E-state index in [1.54, 1.807) is 12.3 Å². The number of hydrogen-bond acceptors (Lipinski definition) is 7. The summed E-state index contributed by atoms with van der Waals surface area (Å²) in [7, 11) is 0. The van der Waals surface area contributed by atoms with Gasteiger partial charge in [0.15, 0.2) is 5.69 Å². The van der Waals surface area contributed by atoms with Gasteiger partial charge in [-0.15, -0.1) is 0 Å². The molecular weight excluding hydrogens is 549 g/mol. The van der Waals surface area contributed by atoms with Crippen molar-refractivity contribution in [1.82, 2.24) is 25.5 Å². The molecule has 3 aliphatic rings. The highest BCUT2D eigenvalue weighted by atomic mass is 19.4. The first-order valence-electron chi connectivity index (χ1n) is 14.9. The number of aromatic nitrogens is 2. The van der Waals surface area contributed by atoms with Gasteiger partial charge in [0.2, 0.25) is 11.8 Å². The van der Waals surface area contributed by atoms with E-state index >= 15 is 0 Å². The Balaban J connectivity index is 1.46. The number of hydrogen-bond donors (Lipinski definition) is 2. The van der Waals surface area contributed by atoms with Crippen molar-refractivity contribution in [3.05, 3.63) is 36.2 Å². The third-order valence-electron chi connectivity index (χ3n) is 8.77. The number of piperazine rings is 1. The molecule has 228 valence electrons. The summed E-state index contributed by atoms with van der Waals surface area (Å²) in [5, 5.41) is 6.33. The Bertz CT molecular complexity index is 1280. The Morgan fingerprint density at radius 2 is 1.95 bits per heavy atom. The fourth-order valence-electron chi connectivity index (χ4n) is 6.48. The van der Waals surface area contributed by atoms with Crippen LogP contribution in [0, 0.1) is 5.41 Å². The largest absolute Gasteiger partial charge is 0.477 e. The molecule has 2 aliphatic heterocycles. The van der Waals surface area contributed by atoms with Crippen molar-refractivity contribution in [1.29, 1.82) is 0 Å². The SMILES string of the molecule is CCOc1ncccc1-c1ccc(N2CCN(C(=O)C3(C(F)(F)F)CCCC3)C[C@H]2CC)c(C(=O)N[C@H]2CCNC2)n1. The van der Waals surface area contributed by atoms with E-state index in [1.807, 2.05) is 36.9 Å². The van der Waals surface area contributed by atoms with E-state index in [9.17, 15) is 22.8 Å². The van der Waals surface area contributed by atoms with Crippen molar-refractivity contribution in [2.24, 2.45) is 5.41 Å². The van der Waals surface area contributed by atoms with Crippen LogP contribution in [0.5, 0.6) is 5.88 Å². The molecule has 2 atom stereocenters. The van der Waals surface area contributed by atoms with Gasteiger partial charge in [-0.1, -0.05) is 19.8 Å². The highest BCUT2D eigenvalue weighted by Crippen LogP contribution is 2.52. The van der Waals surface area contributed by atoms with E-state index in [-0.39, 0.29) is 49.6 Å². The highest BCUT2D eigenvalue weighted by molar-refractivity contribution is 5.99. The van der Waals surface area contributed by atoms with Crippen LogP contribution < -0.4 is 20.3 Å². The number of amides is 2. The second-order valence-electron chi connectivity index (χ2n) is 11.3. The van der Waals surface area contributed by atoms with Gasteiger partial charge in [-0.3, -0.25) is 9.59 Å². The molecule has 2 aromatic rings. The second kappa shape index (κ2) is 12.4. The third kappa shape index (κ3) is 5.77. The number of anilines is 1. The highest BCUT2D eigenvalue weighted by Gasteiger charge is 2.62. The molecule has 0 bridgehead atoms. The lowest BCUT2D eigenvalue weighted by Crippen LogP contribution is -2.60. The summed E-state index contributed by atoms with van der Waals surface area (Å²) in [4.78, 5) is 39.6. The topological polar surface area (TPSA) is 99.7 Å². The van der Waals surface area contributed by atoms with E-state index < -0.39 is 17.5 Å². The molecule has 3 fully saturated rings. The van der Waals surface area contributed by atoms with Gasteiger partial charge in [0.1, 0.15) is 5.41 Å². The van der Waals surface area contributed by atoms with Gasteiger partial charge in [0.05, 0.1) is 23.6 Å². The first kappa shape index (κ1) is 30.1. The predicted octanol–water partition coefficient (Wildman–Crippen LogP) is 4.18. The average molecular weight is 589 g/mol.